The first-order chi connectivity index (χ1) is 17.4. The molecule has 0 aromatic heterocycles. The maximum absolute atomic E-state index is 13.5. The summed E-state index contributed by atoms with van der Waals surface area (Å²) in [5.41, 5.74) is 1.79. The molecule has 1 aliphatic heterocycles. The number of carbonyl (C=O) groups is 2. The lowest BCUT2D eigenvalue weighted by Gasteiger charge is -2.41. The van der Waals surface area contributed by atoms with Crippen molar-refractivity contribution in [2.24, 2.45) is 5.92 Å². The minimum atomic E-state index is -0.573. The fraction of sp³-hybridized carbons (Fsp3) is 0.259. The second kappa shape index (κ2) is 10.9. The van der Waals surface area contributed by atoms with E-state index in [2.05, 4.69) is 5.32 Å². The molecule has 1 N–H and O–H groups in total. The molecule has 0 spiro atoms. The number of piperidine rings is 1. The van der Waals surface area contributed by atoms with Crippen LogP contribution in [0.1, 0.15) is 30.0 Å². The number of methoxy groups -OCH3 is 2. The van der Waals surface area contributed by atoms with Gasteiger partial charge in [0.2, 0.25) is 11.8 Å². The Bertz CT molecular complexity index is 1240. The van der Waals surface area contributed by atoms with Crippen LogP contribution in [-0.2, 0) is 16.1 Å². The molecule has 9 nitrogen and oxygen atoms in total. The third kappa shape index (κ3) is 5.14. The molecular weight excluding hydrogens is 462 g/mol. The zero-order valence-electron chi connectivity index (χ0n) is 20.0. The molecular formula is C27H27N3O6. The van der Waals surface area contributed by atoms with Gasteiger partial charge in [-0.25, -0.2) is 0 Å². The molecule has 2 atom stereocenters. The van der Waals surface area contributed by atoms with Gasteiger partial charge in [-0.2, -0.15) is 0 Å². The summed E-state index contributed by atoms with van der Waals surface area (Å²) in [6.45, 7) is 0.0122. The number of ether oxygens (including phenoxy) is 2. The average molecular weight is 490 g/mol. The van der Waals surface area contributed by atoms with Crippen LogP contribution >= 0.6 is 0 Å². The van der Waals surface area contributed by atoms with Gasteiger partial charge in [0, 0.05) is 30.3 Å². The monoisotopic (exact) mass is 489 g/mol. The van der Waals surface area contributed by atoms with Gasteiger partial charge in [0.1, 0.15) is 11.5 Å². The Kier molecular flexibility index (Phi) is 7.48. The molecule has 4 rings (SSSR count). The second-order valence-corrected chi connectivity index (χ2v) is 8.43. The Morgan fingerprint density at radius 3 is 2.22 bits per heavy atom. The largest absolute Gasteiger partial charge is 0.497 e. The van der Waals surface area contributed by atoms with Gasteiger partial charge in [0.25, 0.3) is 5.69 Å². The SMILES string of the molecule is COc1ccc(C2C(C(=O)NCc3ccccc3[N+](=O)[O-])CCC(=O)N2c2ccc(OC)cc2)cc1. The number of nitrogens with zero attached hydrogens (tertiary/aromatic N) is 2. The first-order valence-corrected chi connectivity index (χ1v) is 11.5. The number of para-hydroxylation sites is 1. The highest BCUT2D eigenvalue weighted by atomic mass is 16.6. The van der Waals surface area contributed by atoms with Crippen LogP contribution < -0.4 is 19.7 Å². The average Bonchev–Trinajstić information content (AvgIpc) is 2.91. The fourth-order valence-corrected chi connectivity index (χ4v) is 4.55. The van der Waals surface area contributed by atoms with E-state index in [-0.39, 0.29) is 30.5 Å². The number of benzene rings is 3. The summed E-state index contributed by atoms with van der Waals surface area (Å²) in [4.78, 5) is 39.2. The summed E-state index contributed by atoms with van der Waals surface area (Å²) >= 11 is 0. The Labute approximate surface area is 208 Å². The maximum atomic E-state index is 13.5. The van der Waals surface area contributed by atoms with Gasteiger partial charge >= 0.3 is 0 Å². The molecule has 3 aromatic carbocycles. The van der Waals surface area contributed by atoms with E-state index < -0.39 is 16.9 Å². The van der Waals surface area contributed by atoms with Crippen molar-refractivity contribution < 1.29 is 24.0 Å². The van der Waals surface area contributed by atoms with Gasteiger partial charge < -0.3 is 19.7 Å². The van der Waals surface area contributed by atoms with Crippen molar-refractivity contribution >= 4 is 23.2 Å². The van der Waals surface area contributed by atoms with Crippen molar-refractivity contribution in [3.8, 4) is 11.5 Å². The van der Waals surface area contributed by atoms with Crippen molar-refractivity contribution in [1.29, 1.82) is 0 Å². The van der Waals surface area contributed by atoms with Crippen LogP contribution in [0.3, 0.4) is 0 Å². The summed E-state index contributed by atoms with van der Waals surface area (Å²) in [5.74, 6) is 0.377. The fourth-order valence-electron chi connectivity index (χ4n) is 4.55. The third-order valence-electron chi connectivity index (χ3n) is 6.38. The summed E-state index contributed by atoms with van der Waals surface area (Å²) in [6.07, 6.45) is 0.549. The molecule has 36 heavy (non-hydrogen) atoms. The number of hydrogen-bond donors (Lipinski definition) is 1. The lowest BCUT2D eigenvalue weighted by molar-refractivity contribution is -0.385. The van der Waals surface area contributed by atoms with Crippen molar-refractivity contribution in [1.82, 2.24) is 5.32 Å². The van der Waals surface area contributed by atoms with Crippen molar-refractivity contribution in [2.75, 3.05) is 19.1 Å². The molecule has 2 amide bonds. The molecule has 186 valence electrons. The molecule has 0 saturated carbocycles. The van der Waals surface area contributed by atoms with E-state index in [1.807, 2.05) is 12.1 Å². The predicted molar refractivity (Wildman–Crippen MR) is 134 cm³/mol. The van der Waals surface area contributed by atoms with Crippen LogP contribution in [0.2, 0.25) is 0 Å². The number of nitro benzene ring substituents is 1. The number of rotatable bonds is 8. The highest BCUT2D eigenvalue weighted by molar-refractivity contribution is 5.97. The van der Waals surface area contributed by atoms with E-state index in [0.717, 1.165) is 5.56 Å². The Balaban J connectivity index is 1.67. The maximum Gasteiger partial charge on any atom is 0.274 e. The van der Waals surface area contributed by atoms with Crippen LogP contribution in [0.4, 0.5) is 11.4 Å². The number of nitro groups is 1. The smallest absolute Gasteiger partial charge is 0.274 e. The van der Waals surface area contributed by atoms with E-state index in [9.17, 15) is 19.7 Å². The standard InChI is InChI=1S/C27H27N3O6/c1-35-21-11-7-18(8-12-21)26-23(27(32)28-17-19-5-3-4-6-24(19)30(33)34)15-16-25(31)29(26)20-9-13-22(36-2)14-10-20/h3-14,23,26H,15-17H2,1-2H3,(H,28,32). The molecule has 1 saturated heterocycles. The van der Waals surface area contributed by atoms with Gasteiger partial charge in [-0.1, -0.05) is 30.3 Å². The second-order valence-electron chi connectivity index (χ2n) is 8.43. The first kappa shape index (κ1) is 24.7. The van der Waals surface area contributed by atoms with Gasteiger partial charge in [0.15, 0.2) is 0 Å². The number of nitrogens with one attached hydrogen (secondary N) is 1. The van der Waals surface area contributed by atoms with E-state index in [1.54, 1.807) is 73.7 Å². The minimum absolute atomic E-state index is 0.0122. The van der Waals surface area contributed by atoms with E-state index in [0.29, 0.717) is 29.2 Å². The van der Waals surface area contributed by atoms with E-state index >= 15 is 0 Å². The van der Waals surface area contributed by atoms with Crippen LogP contribution in [0, 0.1) is 16.0 Å². The van der Waals surface area contributed by atoms with Crippen LogP contribution in [-0.4, -0.2) is 31.0 Å². The highest BCUT2D eigenvalue weighted by Crippen LogP contribution is 2.41. The van der Waals surface area contributed by atoms with Gasteiger partial charge in [-0.15, -0.1) is 0 Å². The van der Waals surface area contributed by atoms with Crippen molar-refractivity contribution in [3.05, 3.63) is 94.0 Å². The summed E-state index contributed by atoms with van der Waals surface area (Å²) in [5, 5.41) is 14.2. The Hall–Kier alpha value is -4.40. The predicted octanol–water partition coefficient (Wildman–Crippen LogP) is 4.41. The summed E-state index contributed by atoms with van der Waals surface area (Å²) in [7, 11) is 3.14. The van der Waals surface area contributed by atoms with E-state index in [1.165, 1.54) is 6.07 Å². The van der Waals surface area contributed by atoms with E-state index in [4.69, 9.17) is 9.47 Å². The quantitative estimate of drug-likeness (QED) is 0.371. The third-order valence-corrected chi connectivity index (χ3v) is 6.38. The number of hydrogen-bond acceptors (Lipinski definition) is 6. The molecule has 0 radical (unpaired) electrons. The normalized spacial score (nSPS) is 17.4. The summed E-state index contributed by atoms with van der Waals surface area (Å²) < 4.78 is 10.5. The molecule has 9 heteroatoms. The molecule has 1 aliphatic rings. The van der Waals surface area contributed by atoms with Crippen molar-refractivity contribution in [3.63, 3.8) is 0 Å². The zero-order valence-corrected chi connectivity index (χ0v) is 20.0. The highest BCUT2D eigenvalue weighted by Gasteiger charge is 2.41. The van der Waals surface area contributed by atoms with Crippen LogP contribution in [0.25, 0.3) is 0 Å². The lowest BCUT2D eigenvalue weighted by atomic mass is 9.83. The Morgan fingerprint density at radius 1 is 1.00 bits per heavy atom. The Morgan fingerprint density at radius 2 is 1.61 bits per heavy atom. The summed E-state index contributed by atoms with van der Waals surface area (Å²) in [6, 6.07) is 20.1. The first-order valence-electron chi connectivity index (χ1n) is 11.5. The minimum Gasteiger partial charge on any atom is -0.497 e. The van der Waals surface area contributed by atoms with Crippen LogP contribution in [0.5, 0.6) is 11.5 Å². The number of carbonyl (C=O) groups excluding carboxylic acids is 2. The van der Waals surface area contributed by atoms with Gasteiger partial charge in [-0.3, -0.25) is 19.7 Å². The topological polar surface area (TPSA) is 111 Å². The van der Waals surface area contributed by atoms with Gasteiger partial charge in [-0.05, 0) is 48.4 Å². The van der Waals surface area contributed by atoms with Crippen molar-refractivity contribution in [2.45, 2.75) is 25.4 Å². The molecule has 1 heterocycles. The van der Waals surface area contributed by atoms with Gasteiger partial charge in [0.05, 0.1) is 31.1 Å². The molecule has 0 aliphatic carbocycles. The molecule has 2 unspecified atom stereocenters. The van der Waals surface area contributed by atoms with Crippen LogP contribution in [0.15, 0.2) is 72.8 Å². The molecule has 0 bridgehead atoms. The molecule has 1 fully saturated rings. The molecule has 3 aromatic rings. The lowest BCUT2D eigenvalue weighted by Crippen LogP contribution is -2.48. The zero-order chi connectivity index (χ0) is 25.7. The number of anilines is 1. The number of amides is 2.